The molecule has 0 fully saturated rings. The summed E-state index contributed by atoms with van der Waals surface area (Å²) >= 11 is 0. The Morgan fingerprint density at radius 1 is 1.00 bits per heavy atom. The fourth-order valence-corrected chi connectivity index (χ4v) is 3.91. The van der Waals surface area contributed by atoms with E-state index in [0.717, 1.165) is 46.6 Å². The van der Waals surface area contributed by atoms with Crippen LogP contribution in [0.4, 0.5) is 5.69 Å². The normalized spacial score (nSPS) is 11.2. The Hall–Kier alpha value is -3.34. The molecule has 0 bridgehead atoms. The molecule has 5 nitrogen and oxygen atoms in total. The molecule has 148 valence electrons. The van der Waals surface area contributed by atoms with Gasteiger partial charge in [0.05, 0.1) is 22.5 Å². The molecule has 0 radical (unpaired) electrons. The molecule has 0 aliphatic carbocycles. The van der Waals surface area contributed by atoms with Gasteiger partial charge < -0.3 is 4.90 Å². The van der Waals surface area contributed by atoms with Crippen LogP contribution < -0.4 is 10.5 Å². The second-order valence-electron chi connectivity index (χ2n) is 7.29. The van der Waals surface area contributed by atoms with Crippen LogP contribution in [-0.4, -0.2) is 27.9 Å². The van der Waals surface area contributed by atoms with Crippen LogP contribution in [0.25, 0.3) is 27.8 Å². The summed E-state index contributed by atoms with van der Waals surface area (Å²) in [6.07, 6.45) is 0. The van der Waals surface area contributed by atoms with Crippen molar-refractivity contribution in [3.63, 3.8) is 0 Å². The molecular formula is C24H26N4O. The van der Waals surface area contributed by atoms with Crippen molar-refractivity contribution in [2.45, 2.75) is 27.7 Å². The maximum Gasteiger partial charge on any atom is 0.280 e. The van der Waals surface area contributed by atoms with Gasteiger partial charge in [0.1, 0.15) is 0 Å². The number of hydrogen-bond acceptors (Lipinski definition) is 3. The van der Waals surface area contributed by atoms with Gasteiger partial charge in [0.25, 0.3) is 5.56 Å². The predicted molar refractivity (Wildman–Crippen MR) is 120 cm³/mol. The highest BCUT2D eigenvalue weighted by atomic mass is 16.1. The summed E-state index contributed by atoms with van der Waals surface area (Å²) in [6.45, 7) is 10.2. The average molecular weight is 386 g/mol. The lowest BCUT2D eigenvalue weighted by Crippen LogP contribution is -2.21. The number of para-hydroxylation sites is 1. The molecule has 0 aliphatic heterocycles. The summed E-state index contributed by atoms with van der Waals surface area (Å²) in [6, 6.07) is 18.0. The summed E-state index contributed by atoms with van der Waals surface area (Å²) in [5.74, 6) is 0. The molecule has 1 N–H and O–H groups in total. The SMILES string of the molecule is CCN(CC)c1ccc2c(C)cc(-c3c(C)[nH]n(-c4ccccc4)c3=O)nc2c1. The summed E-state index contributed by atoms with van der Waals surface area (Å²) in [7, 11) is 0. The lowest BCUT2D eigenvalue weighted by atomic mass is 10.0. The van der Waals surface area contributed by atoms with Crippen LogP contribution in [0.15, 0.2) is 59.4 Å². The number of nitrogens with zero attached hydrogens (tertiary/aromatic N) is 3. The number of H-pyrrole nitrogens is 1. The van der Waals surface area contributed by atoms with Crippen molar-refractivity contribution >= 4 is 16.6 Å². The topological polar surface area (TPSA) is 53.9 Å². The number of aryl methyl sites for hydroxylation is 2. The third-order valence-corrected chi connectivity index (χ3v) is 5.47. The van der Waals surface area contributed by atoms with Crippen LogP contribution in [0.3, 0.4) is 0 Å². The Labute approximate surface area is 170 Å². The van der Waals surface area contributed by atoms with Crippen molar-refractivity contribution in [2.75, 3.05) is 18.0 Å². The van der Waals surface area contributed by atoms with Crippen LogP contribution in [0.2, 0.25) is 0 Å². The molecule has 2 heterocycles. The fourth-order valence-electron chi connectivity index (χ4n) is 3.91. The number of nitrogens with one attached hydrogen (secondary N) is 1. The number of benzene rings is 2. The van der Waals surface area contributed by atoms with Crippen molar-refractivity contribution in [2.24, 2.45) is 0 Å². The number of anilines is 1. The van der Waals surface area contributed by atoms with Crippen molar-refractivity contribution in [1.29, 1.82) is 0 Å². The second kappa shape index (κ2) is 7.59. The zero-order valence-corrected chi connectivity index (χ0v) is 17.4. The van der Waals surface area contributed by atoms with E-state index < -0.39 is 0 Å². The van der Waals surface area contributed by atoms with E-state index in [4.69, 9.17) is 4.98 Å². The number of pyridine rings is 1. The van der Waals surface area contributed by atoms with E-state index in [9.17, 15) is 4.79 Å². The largest absolute Gasteiger partial charge is 0.372 e. The lowest BCUT2D eigenvalue weighted by Gasteiger charge is -2.21. The molecule has 0 unspecified atom stereocenters. The molecule has 0 spiro atoms. The van der Waals surface area contributed by atoms with E-state index in [1.165, 1.54) is 0 Å². The first-order chi connectivity index (χ1) is 14.0. The maximum absolute atomic E-state index is 13.2. The van der Waals surface area contributed by atoms with E-state index in [2.05, 4.69) is 49.0 Å². The molecule has 0 aliphatic rings. The van der Waals surface area contributed by atoms with Crippen molar-refractivity contribution < 1.29 is 0 Å². The number of aromatic amines is 1. The highest BCUT2D eigenvalue weighted by molar-refractivity contribution is 5.88. The van der Waals surface area contributed by atoms with Crippen molar-refractivity contribution in [1.82, 2.24) is 14.8 Å². The molecular weight excluding hydrogens is 360 g/mol. The minimum Gasteiger partial charge on any atom is -0.372 e. The van der Waals surface area contributed by atoms with Gasteiger partial charge in [0.15, 0.2) is 0 Å². The van der Waals surface area contributed by atoms with Gasteiger partial charge in [-0.05, 0) is 63.6 Å². The summed E-state index contributed by atoms with van der Waals surface area (Å²) in [5.41, 5.74) is 6.04. The number of aromatic nitrogens is 3. The number of fused-ring (bicyclic) bond motifs is 1. The molecule has 4 aromatic rings. The highest BCUT2D eigenvalue weighted by Crippen LogP contribution is 2.27. The van der Waals surface area contributed by atoms with Crippen LogP contribution in [0.1, 0.15) is 25.1 Å². The zero-order chi connectivity index (χ0) is 20.5. The first-order valence-corrected chi connectivity index (χ1v) is 10.1. The molecule has 0 atom stereocenters. The lowest BCUT2D eigenvalue weighted by molar-refractivity contribution is 0.835. The van der Waals surface area contributed by atoms with Gasteiger partial charge in [-0.25, -0.2) is 9.67 Å². The maximum atomic E-state index is 13.2. The number of rotatable bonds is 5. The molecule has 4 rings (SSSR count). The summed E-state index contributed by atoms with van der Waals surface area (Å²) in [4.78, 5) is 20.4. The van der Waals surface area contributed by atoms with E-state index >= 15 is 0 Å². The minimum atomic E-state index is -0.0835. The zero-order valence-electron chi connectivity index (χ0n) is 17.4. The van der Waals surface area contributed by atoms with Gasteiger partial charge in [-0.3, -0.25) is 9.89 Å². The molecule has 29 heavy (non-hydrogen) atoms. The van der Waals surface area contributed by atoms with Gasteiger partial charge in [0.2, 0.25) is 0 Å². The first kappa shape index (κ1) is 19.0. The molecule has 0 amide bonds. The Bertz CT molecular complexity index is 1220. The fraction of sp³-hybridized carbons (Fsp3) is 0.250. The second-order valence-corrected chi connectivity index (χ2v) is 7.29. The van der Waals surface area contributed by atoms with E-state index in [1.807, 2.05) is 43.3 Å². The Kier molecular flexibility index (Phi) is 4.97. The molecule has 2 aromatic heterocycles. The van der Waals surface area contributed by atoms with E-state index in [-0.39, 0.29) is 5.56 Å². The van der Waals surface area contributed by atoms with Crippen molar-refractivity contribution in [3.05, 3.63) is 76.2 Å². The molecule has 2 aromatic carbocycles. The Balaban J connectivity index is 1.88. The third-order valence-electron chi connectivity index (χ3n) is 5.47. The van der Waals surface area contributed by atoms with Crippen LogP contribution in [0, 0.1) is 13.8 Å². The average Bonchev–Trinajstić information content (AvgIpc) is 3.03. The van der Waals surface area contributed by atoms with E-state index in [1.54, 1.807) is 4.68 Å². The van der Waals surface area contributed by atoms with Crippen LogP contribution >= 0.6 is 0 Å². The quantitative estimate of drug-likeness (QED) is 0.534. The predicted octanol–water partition coefficient (Wildman–Crippen LogP) is 4.84. The molecule has 5 heteroatoms. The Morgan fingerprint density at radius 2 is 1.72 bits per heavy atom. The van der Waals surface area contributed by atoms with Crippen molar-refractivity contribution in [3.8, 4) is 16.9 Å². The smallest absolute Gasteiger partial charge is 0.280 e. The highest BCUT2D eigenvalue weighted by Gasteiger charge is 2.17. The summed E-state index contributed by atoms with van der Waals surface area (Å²) < 4.78 is 1.58. The first-order valence-electron chi connectivity index (χ1n) is 10.1. The third kappa shape index (κ3) is 3.33. The monoisotopic (exact) mass is 386 g/mol. The van der Waals surface area contributed by atoms with Gasteiger partial charge in [-0.15, -0.1) is 0 Å². The standard InChI is InChI=1S/C24H26N4O/c1-5-27(6-2)19-12-13-20-16(3)14-22(25-21(20)15-19)23-17(4)26-28(24(23)29)18-10-8-7-9-11-18/h7-15,26H,5-6H2,1-4H3. The molecule has 0 saturated carbocycles. The van der Waals surface area contributed by atoms with E-state index in [0.29, 0.717) is 11.3 Å². The summed E-state index contributed by atoms with van der Waals surface area (Å²) in [5, 5.41) is 4.31. The minimum absolute atomic E-state index is 0.0835. The number of hydrogen-bond donors (Lipinski definition) is 1. The van der Waals surface area contributed by atoms with Gasteiger partial charge in [-0.1, -0.05) is 24.3 Å². The molecule has 0 saturated heterocycles. The Morgan fingerprint density at radius 3 is 2.41 bits per heavy atom. The van der Waals surface area contributed by atoms with Crippen LogP contribution in [0.5, 0.6) is 0 Å². The van der Waals surface area contributed by atoms with Gasteiger partial charge in [0, 0.05) is 29.9 Å². The van der Waals surface area contributed by atoms with Crippen LogP contribution in [-0.2, 0) is 0 Å². The van der Waals surface area contributed by atoms with Gasteiger partial charge in [-0.2, -0.15) is 0 Å². The van der Waals surface area contributed by atoms with Gasteiger partial charge >= 0.3 is 0 Å².